The second-order valence-electron chi connectivity index (χ2n) is 5.14. The number of anilines is 1. The molecule has 2 rings (SSSR count). The molecule has 1 aliphatic heterocycles. The molecule has 0 aromatic heterocycles. The number of likely N-dealkylation sites (tertiary alicyclic amines) is 1. The number of nitrogens with zero attached hydrogens (tertiary/aromatic N) is 1. The Hall–Kier alpha value is -0.910. The number of amides is 1. The van der Waals surface area contributed by atoms with Crippen molar-refractivity contribution in [2.24, 2.45) is 5.92 Å². The average Bonchev–Trinajstić information content (AvgIpc) is 2.43. The molecule has 116 valence electrons. The first-order valence-corrected chi connectivity index (χ1v) is 7.46. The Morgan fingerprint density at radius 2 is 2.19 bits per heavy atom. The summed E-state index contributed by atoms with van der Waals surface area (Å²) in [6.45, 7) is 0.973. The van der Waals surface area contributed by atoms with Crippen molar-refractivity contribution in [1.82, 2.24) is 4.90 Å². The monoisotopic (exact) mass is 336 g/mol. The van der Waals surface area contributed by atoms with Crippen LogP contribution in [0.2, 0.25) is 10.0 Å². The lowest BCUT2D eigenvalue weighted by atomic mass is 9.99. The highest BCUT2D eigenvalue weighted by Crippen LogP contribution is 2.26. The zero-order valence-corrected chi connectivity index (χ0v) is 12.8. The summed E-state index contributed by atoms with van der Waals surface area (Å²) in [5.74, 6) is -0.935. The molecule has 0 saturated carbocycles. The van der Waals surface area contributed by atoms with E-state index in [0.29, 0.717) is 35.1 Å². The molecular weight excluding hydrogens is 321 g/mol. The van der Waals surface area contributed by atoms with Gasteiger partial charge in [0, 0.05) is 17.5 Å². The minimum atomic E-state index is -2.33. The van der Waals surface area contributed by atoms with Crippen LogP contribution in [-0.4, -0.2) is 36.9 Å². The number of hydrogen-bond donors (Lipinski definition) is 1. The summed E-state index contributed by atoms with van der Waals surface area (Å²) in [4.78, 5) is 13.7. The molecule has 1 unspecified atom stereocenters. The van der Waals surface area contributed by atoms with Crippen LogP contribution in [0.3, 0.4) is 0 Å². The second kappa shape index (κ2) is 7.38. The molecule has 1 saturated heterocycles. The van der Waals surface area contributed by atoms with Gasteiger partial charge in [0.25, 0.3) is 0 Å². The number of piperidine rings is 1. The van der Waals surface area contributed by atoms with Crippen LogP contribution in [0.1, 0.15) is 12.8 Å². The zero-order chi connectivity index (χ0) is 15.4. The number of benzene rings is 1. The Bertz CT molecular complexity index is 514. The summed E-state index contributed by atoms with van der Waals surface area (Å²) in [5.41, 5.74) is 0.427. The van der Waals surface area contributed by atoms with Crippen LogP contribution >= 0.6 is 23.2 Å². The number of carbonyl (C=O) groups excluding carboxylic acids is 1. The lowest BCUT2D eigenvalue weighted by Crippen LogP contribution is -2.42. The van der Waals surface area contributed by atoms with Gasteiger partial charge in [-0.1, -0.05) is 23.2 Å². The van der Waals surface area contributed by atoms with Gasteiger partial charge >= 0.3 is 0 Å². The molecule has 1 atom stereocenters. The van der Waals surface area contributed by atoms with E-state index in [2.05, 4.69) is 5.32 Å². The van der Waals surface area contributed by atoms with Crippen molar-refractivity contribution in [3.05, 3.63) is 28.2 Å². The zero-order valence-electron chi connectivity index (χ0n) is 11.3. The highest BCUT2D eigenvalue weighted by Gasteiger charge is 2.27. The molecule has 0 bridgehead atoms. The van der Waals surface area contributed by atoms with Crippen LogP contribution in [-0.2, 0) is 4.79 Å². The Morgan fingerprint density at radius 3 is 2.90 bits per heavy atom. The molecule has 7 heteroatoms. The molecule has 21 heavy (non-hydrogen) atoms. The van der Waals surface area contributed by atoms with E-state index < -0.39 is 12.3 Å². The molecular formula is C14H16Cl2F2N2O. The minimum absolute atomic E-state index is 0.0755. The van der Waals surface area contributed by atoms with Gasteiger partial charge in [-0.2, -0.15) is 0 Å². The first kappa shape index (κ1) is 16.5. The number of alkyl halides is 2. The molecule has 1 N–H and O–H groups in total. The summed E-state index contributed by atoms with van der Waals surface area (Å²) in [6, 6.07) is 4.77. The molecule has 1 amide bonds. The lowest BCUT2D eigenvalue weighted by Gasteiger charge is -2.31. The Balaban J connectivity index is 1.91. The van der Waals surface area contributed by atoms with E-state index in [1.54, 1.807) is 23.1 Å². The summed E-state index contributed by atoms with van der Waals surface area (Å²) in [7, 11) is 0. The van der Waals surface area contributed by atoms with Crippen molar-refractivity contribution in [1.29, 1.82) is 0 Å². The average molecular weight is 337 g/mol. The molecule has 0 radical (unpaired) electrons. The fraction of sp³-hybridized carbons (Fsp3) is 0.500. The summed E-state index contributed by atoms with van der Waals surface area (Å²) < 4.78 is 25.4. The number of rotatable bonds is 4. The van der Waals surface area contributed by atoms with Crippen LogP contribution < -0.4 is 5.32 Å². The van der Waals surface area contributed by atoms with E-state index in [-0.39, 0.29) is 19.0 Å². The maximum atomic E-state index is 12.7. The quantitative estimate of drug-likeness (QED) is 0.904. The predicted molar refractivity (Wildman–Crippen MR) is 80.3 cm³/mol. The van der Waals surface area contributed by atoms with Gasteiger partial charge in [0.15, 0.2) is 0 Å². The third-order valence-corrected chi connectivity index (χ3v) is 4.03. The van der Waals surface area contributed by atoms with Crippen molar-refractivity contribution in [3.63, 3.8) is 0 Å². The first-order valence-electron chi connectivity index (χ1n) is 6.71. The van der Waals surface area contributed by atoms with Crippen LogP contribution in [0.25, 0.3) is 0 Å². The van der Waals surface area contributed by atoms with Gasteiger partial charge in [-0.15, -0.1) is 0 Å². The van der Waals surface area contributed by atoms with E-state index in [1.807, 2.05) is 0 Å². The number of halogens is 4. The topological polar surface area (TPSA) is 32.3 Å². The van der Waals surface area contributed by atoms with Crippen molar-refractivity contribution >= 4 is 34.8 Å². The van der Waals surface area contributed by atoms with E-state index in [1.165, 1.54) is 0 Å². The first-order chi connectivity index (χ1) is 9.95. The minimum Gasteiger partial charge on any atom is -0.324 e. The van der Waals surface area contributed by atoms with Crippen LogP contribution in [0.15, 0.2) is 18.2 Å². The number of nitrogens with one attached hydrogen (secondary N) is 1. The molecule has 1 aromatic rings. The van der Waals surface area contributed by atoms with Crippen molar-refractivity contribution in [2.45, 2.75) is 19.3 Å². The van der Waals surface area contributed by atoms with Crippen LogP contribution in [0.5, 0.6) is 0 Å². The highest BCUT2D eigenvalue weighted by molar-refractivity contribution is 6.35. The summed E-state index contributed by atoms with van der Waals surface area (Å²) in [6.07, 6.45) is -1.14. The van der Waals surface area contributed by atoms with Gasteiger partial charge in [-0.25, -0.2) is 8.78 Å². The van der Waals surface area contributed by atoms with Crippen LogP contribution in [0.4, 0.5) is 14.5 Å². The second-order valence-corrected chi connectivity index (χ2v) is 5.99. The molecule has 1 heterocycles. The standard InChI is InChI=1S/C14H16Cl2F2N2O/c15-10-3-4-11(16)12(6-10)19-13(21)8-20-5-1-2-9(7-20)14(17)18/h3-4,6,9,14H,1-2,5,7-8H2,(H,19,21). The third kappa shape index (κ3) is 4.80. The van der Waals surface area contributed by atoms with E-state index >= 15 is 0 Å². The molecule has 1 aromatic carbocycles. The van der Waals surface area contributed by atoms with Gasteiger partial charge in [0.05, 0.1) is 17.3 Å². The van der Waals surface area contributed by atoms with Gasteiger partial charge in [-0.3, -0.25) is 9.69 Å². The maximum absolute atomic E-state index is 12.7. The molecule has 1 fully saturated rings. The Morgan fingerprint density at radius 1 is 1.43 bits per heavy atom. The smallest absolute Gasteiger partial charge is 0.242 e. The van der Waals surface area contributed by atoms with Gasteiger partial charge in [0.2, 0.25) is 12.3 Å². The molecule has 3 nitrogen and oxygen atoms in total. The fourth-order valence-electron chi connectivity index (χ4n) is 2.43. The molecule has 0 spiro atoms. The largest absolute Gasteiger partial charge is 0.324 e. The van der Waals surface area contributed by atoms with E-state index in [0.717, 1.165) is 0 Å². The normalized spacial score (nSPS) is 19.8. The third-order valence-electron chi connectivity index (χ3n) is 3.47. The van der Waals surface area contributed by atoms with Crippen molar-refractivity contribution < 1.29 is 13.6 Å². The predicted octanol–water partition coefficient (Wildman–Crippen LogP) is 3.91. The number of carbonyl (C=O) groups is 1. The Labute approximate surface area is 132 Å². The summed E-state index contributed by atoms with van der Waals surface area (Å²) >= 11 is 11.8. The number of hydrogen-bond acceptors (Lipinski definition) is 2. The van der Waals surface area contributed by atoms with Gasteiger partial charge < -0.3 is 5.32 Å². The van der Waals surface area contributed by atoms with Crippen molar-refractivity contribution in [3.8, 4) is 0 Å². The summed E-state index contributed by atoms with van der Waals surface area (Å²) in [5, 5.41) is 3.51. The van der Waals surface area contributed by atoms with Gasteiger partial charge in [0.1, 0.15) is 0 Å². The van der Waals surface area contributed by atoms with Crippen molar-refractivity contribution in [2.75, 3.05) is 25.0 Å². The molecule has 1 aliphatic rings. The van der Waals surface area contributed by atoms with E-state index in [4.69, 9.17) is 23.2 Å². The maximum Gasteiger partial charge on any atom is 0.242 e. The fourth-order valence-corrected chi connectivity index (χ4v) is 2.76. The van der Waals surface area contributed by atoms with Gasteiger partial charge in [-0.05, 0) is 37.6 Å². The Kier molecular flexibility index (Phi) is 5.79. The SMILES string of the molecule is O=C(CN1CCCC(C(F)F)C1)Nc1cc(Cl)ccc1Cl. The molecule has 0 aliphatic carbocycles. The van der Waals surface area contributed by atoms with Crippen LogP contribution in [0, 0.1) is 5.92 Å². The lowest BCUT2D eigenvalue weighted by molar-refractivity contribution is -0.118. The van der Waals surface area contributed by atoms with E-state index in [9.17, 15) is 13.6 Å². The highest BCUT2D eigenvalue weighted by atomic mass is 35.5.